The summed E-state index contributed by atoms with van der Waals surface area (Å²) in [7, 11) is 0. The minimum atomic E-state index is -0.674. The van der Waals surface area contributed by atoms with Crippen LogP contribution in [-0.2, 0) is 26.5 Å². The van der Waals surface area contributed by atoms with Gasteiger partial charge >= 0.3 is 0 Å². The van der Waals surface area contributed by atoms with E-state index in [0.717, 1.165) is 27.4 Å². The first-order valence-corrected chi connectivity index (χ1v) is 25.9. The van der Waals surface area contributed by atoms with Crippen LogP contribution in [0.5, 0.6) is 11.5 Å². The number of rotatable bonds is 11. The molecule has 398 valence electrons. The number of ether oxygens (including phenoxy) is 1. The van der Waals surface area contributed by atoms with Gasteiger partial charge in [-0.15, -0.1) is 48.1 Å². The van der Waals surface area contributed by atoms with Gasteiger partial charge in [-0.25, -0.2) is 4.98 Å². The van der Waals surface area contributed by atoms with Crippen molar-refractivity contribution >= 4 is 44.6 Å². The Bertz CT molecular complexity index is 5220. The van der Waals surface area contributed by atoms with Crippen molar-refractivity contribution in [2.75, 3.05) is 9.80 Å². The Morgan fingerprint density at radius 2 is 0.939 bits per heavy atom. The molecule has 0 atom stereocenters. The second-order valence-corrected chi connectivity index (χ2v) is 20.2. The third kappa shape index (κ3) is 9.88. The Morgan fingerprint density at radius 1 is 0.451 bits per heavy atom. The van der Waals surface area contributed by atoms with Crippen LogP contribution < -0.4 is 14.5 Å². The van der Waals surface area contributed by atoms with E-state index in [9.17, 15) is 11.0 Å². The molecule has 0 N–H and O–H groups in total. The molecule has 0 bridgehead atoms. The summed E-state index contributed by atoms with van der Waals surface area (Å²) in [6.45, 7) is 8.20. The number of hydrogen-bond donors (Lipinski definition) is 0. The van der Waals surface area contributed by atoms with Gasteiger partial charge in [-0.05, 0) is 139 Å². The average molecular weight is 1260 g/mol. The van der Waals surface area contributed by atoms with Crippen LogP contribution >= 0.6 is 0 Å². The molecule has 0 amide bonds. The van der Waals surface area contributed by atoms with Gasteiger partial charge in [-0.1, -0.05) is 196 Å². The average Bonchev–Trinajstić information content (AvgIpc) is 1.30. The first kappa shape index (κ1) is 33.9. The maximum absolute atomic E-state index is 9.24. The Hall–Kier alpha value is -9.54. The Morgan fingerprint density at radius 3 is 1.49 bits per heavy atom. The van der Waals surface area contributed by atoms with Crippen LogP contribution in [0.25, 0.3) is 94.4 Å². The van der Waals surface area contributed by atoms with E-state index < -0.39 is 121 Å². The predicted molar refractivity (Wildman–Crippen MR) is 336 cm³/mol. The molecule has 0 spiro atoms. The van der Waals surface area contributed by atoms with Gasteiger partial charge in [0, 0.05) is 72.5 Å². The van der Waals surface area contributed by atoms with Gasteiger partial charge in [-0.3, -0.25) is 0 Å². The number of fused-ring (bicyclic) bond motifs is 4. The first-order chi connectivity index (χ1) is 48.0. The molecule has 14 rings (SSSR count). The molecular weight excluding hydrogens is 1180 g/mol. The quantitative estimate of drug-likeness (QED) is 0.121. The van der Waals surface area contributed by atoms with Crippen molar-refractivity contribution < 1.29 is 53.2 Å². The molecule has 82 heavy (non-hydrogen) atoms. The minimum Gasteiger partial charge on any atom is -0.509 e. The standard InChI is InChI=1S/C76H55N4O.Pt/c1-76(2,3)62-40-41-77-74(48-62)80-70-35-17-16-32-68(70)69-39-38-65(50-73(69)80)81-64-31-20-30-63(49-64)78-51-79(72-37-19-18-36-71(72)78)75-66(60-44-56(52-22-8-4-9-23-52)42-57(45-60)53-24-10-5-11-25-53)33-21-34-67(75)61-46-58(54-26-12-6-13-27-54)43-59(47-61)55-28-14-7-15-29-55;/h4-48,51H,1-3H3;/q-3;/i4D,5D,6D,7D,8D,9D,10D,11D,12D,13D,14D,15D,22D,23D,24D,25D,26D,27D,28D,29D;. The molecule has 0 radical (unpaired) electrons. The maximum Gasteiger partial charge on any atom is 0.135 e. The van der Waals surface area contributed by atoms with Crippen molar-refractivity contribution in [3.05, 3.63) is 297 Å². The summed E-state index contributed by atoms with van der Waals surface area (Å²) in [5.41, 5.74) is 4.31. The van der Waals surface area contributed by atoms with Crippen LogP contribution in [-0.4, -0.2) is 9.55 Å². The fourth-order valence-corrected chi connectivity index (χ4v) is 10.4. The van der Waals surface area contributed by atoms with Crippen molar-refractivity contribution in [1.82, 2.24) is 9.55 Å². The van der Waals surface area contributed by atoms with Crippen molar-refractivity contribution in [3.8, 4) is 84.1 Å². The van der Waals surface area contributed by atoms with Gasteiger partial charge in [0.15, 0.2) is 0 Å². The van der Waals surface area contributed by atoms with E-state index in [1.165, 1.54) is 12.1 Å². The number of anilines is 4. The van der Waals surface area contributed by atoms with Crippen LogP contribution in [0.15, 0.2) is 273 Å². The van der Waals surface area contributed by atoms with Crippen LogP contribution in [0.4, 0.5) is 22.7 Å². The smallest absolute Gasteiger partial charge is 0.135 e. The third-order valence-electron chi connectivity index (χ3n) is 14.2. The van der Waals surface area contributed by atoms with Crippen LogP contribution in [0.2, 0.25) is 0 Å². The summed E-state index contributed by atoms with van der Waals surface area (Å²) in [4.78, 5) is 8.51. The number of hydrogen-bond acceptors (Lipinski definition) is 4. The van der Waals surface area contributed by atoms with Crippen molar-refractivity contribution in [2.24, 2.45) is 0 Å². The Kier molecular flexibility index (Phi) is 9.03. The van der Waals surface area contributed by atoms with E-state index in [2.05, 4.69) is 49.6 Å². The molecule has 0 fully saturated rings. The summed E-state index contributed by atoms with van der Waals surface area (Å²) in [6.07, 6.45) is 1.80. The topological polar surface area (TPSA) is 33.5 Å². The summed E-state index contributed by atoms with van der Waals surface area (Å²) < 4.78 is 187. The number of nitrogens with zero attached hydrogens (tertiary/aromatic N) is 4. The maximum atomic E-state index is 9.24. The Balaban J connectivity index is 0.00000928. The van der Waals surface area contributed by atoms with E-state index in [1.807, 2.05) is 70.5 Å². The fraction of sp³-hybridized carbons (Fsp3) is 0.0526. The van der Waals surface area contributed by atoms with Crippen LogP contribution in [0, 0.1) is 18.8 Å². The van der Waals surface area contributed by atoms with Crippen molar-refractivity contribution in [3.63, 3.8) is 0 Å². The fourth-order valence-electron chi connectivity index (χ4n) is 10.4. The normalized spacial score (nSPS) is 15.5. The van der Waals surface area contributed by atoms with Gasteiger partial charge in [-0.2, -0.15) is 12.1 Å². The zero-order chi connectivity index (χ0) is 71.8. The second-order valence-electron chi connectivity index (χ2n) is 20.2. The monoisotopic (exact) mass is 1250 g/mol. The first-order valence-electron chi connectivity index (χ1n) is 35.9. The molecule has 6 heteroatoms. The van der Waals surface area contributed by atoms with Crippen molar-refractivity contribution in [2.45, 2.75) is 26.2 Å². The number of benzene rings is 11. The molecule has 1 aliphatic heterocycles. The van der Waals surface area contributed by atoms with E-state index in [4.69, 9.17) is 26.2 Å². The Labute approximate surface area is 522 Å². The predicted octanol–water partition coefficient (Wildman–Crippen LogP) is 20.3. The second kappa shape index (κ2) is 21.8. The minimum absolute atomic E-state index is 0. The van der Waals surface area contributed by atoms with Crippen LogP contribution in [0.1, 0.15) is 53.7 Å². The third-order valence-corrected chi connectivity index (χ3v) is 14.2. The molecule has 1 aliphatic rings. The molecule has 13 aromatic rings. The molecule has 0 unspecified atom stereocenters. The van der Waals surface area contributed by atoms with Crippen LogP contribution in [0.3, 0.4) is 0 Å². The molecule has 0 aliphatic carbocycles. The largest absolute Gasteiger partial charge is 0.509 e. The van der Waals surface area contributed by atoms with E-state index >= 15 is 0 Å². The van der Waals surface area contributed by atoms with Gasteiger partial charge in [0.1, 0.15) is 5.82 Å². The number of para-hydroxylation sites is 4. The molecule has 0 saturated heterocycles. The summed E-state index contributed by atoms with van der Waals surface area (Å²) in [5.74, 6) is 1.37. The van der Waals surface area contributed by atoms with Gasteiger partial charge in [0.25, 0.3) is 0 Å². The van der Waals surface area contributed by atoms with Crippen molar-refractivity contribution in [1.29, 1.82) is 0 Å². The van der Waals surface area contributed by atoms with Gasteiger partial charge in [0.05, 0.1) is 27.4 Å². The molecule has 5 nitrogen and oxygen atoms in total. The number of aromatic nitrogens is 2. The molecular formula is C76H55N4OPt-3. The molecule has 0 saturated carbocycles. The summed E-state index contributed by atoms with van der Waals surface area (Å²) in [5, 5.41) is 1.92. The number of pyridine rings is 1. The zero-order valence-corrected chi connectivity index (χ0v) is 46.3. The summed E-state index contributed by atoms with van der Waals surface area (Å²) in [6, 6.07) is 37.0. The van der Waals surface area contributed by atoms with E-state index in [0.29, 0.717) is 45.5 Å². The molecule has 11 aromatic carbocycles. The SMILES string of the molecule is [2H]c1c([2H])c([2H])c(-c2cc(-c3cccc(-c4cc(-c5c([2H])c([2H])c([2H])c([2H])c5[2H])cc(-c5c([2H])c([2H])c([2H])c([2H])c5[2H])c4)c3N3[CH-]N(c4[c-]c(Oc5[c-]c6c(cc5)c5ccccc5n6-c5cc(C(C)(C)C)ccn5)ccc4)c4ccccc43)cc(-c3c([2H])c([2H])c([2H])c([2H])c3[2H])c2)c([2H])c1[2H].[Pt]. The molecule has 3 heterocycles. The van der Waals surface area contributed by atoms with Gasteiger partial charge < -0.3 is 19.1 Å². The van der Waals surface area contributed by atoms with Gasteiger partial charge in [0.2, 0.25) is 0 Å². The van der Waals surface area contributed by atoms with E-state index in [1.54, 1.807) is 73.5 Å². The summed E-state index contributed by atoms with van der Waals surface area (Å²) >= 11 is 0. The van der Waals surface area contributed by atoms with E-state index in [-0.39, 0.29) is 87.8 Å². The molecule has 2 aromatic heterocycles. The zero-order valence-electron chi connectivity index (χ0n) is 64.0.